The second-order valence-electron chi connectivity index (χ2n) is 7.73. The molecule has 5 rings (SSSR count). The average Bonchev–Trinajstić information content (AvgIpc) is 3.21. The van der Waals surface area contributed by atoms with Crippen LogP contribution in [0.5, 0.6) is 5.75 Å². The van der Waals surface area contributed by atoms with Crippen molar-refractivity contribution in [3.8, 4) is 28.1 Å². The Bertz CT molecular complexity index is 1460. The van der Waals surface area contributed by atoms with Gasteiger partial charge in [-0.15, -0.1) is 11.3 Å². The number of carbonyl (C=O) groups excluding carboxylic acids is 1. The number of nitrogen functional groups attached to an aromatic ring is 1. The molecule has 5 aromatic rings. The summed E-state index contributed by atoms with van der Waals surface area (Å²) in [4.78, 5) is 19.3. The second kappa shape index (κ2) is 9.37. The number of nitrogens with two attached hydrogens (primary N) is 1. The molecule has 0 atom stereocenters. The van der Waals surface area contributed by atoms with Crippen molar-refractivity contribution in [3.05, 3.63) is 95.9 Å². The minimum absolute atomic E-state index is 0.269. The molecule has 2 aromatic heterocycles. The molecule has 3 aromatic carbocycles. The third kappa shape index (κ3) is 4.23. The Morgan fingerprint density at radius 1 is 0.941 bits per heavy atom. The minimum atomic E-state index is -0.269. The van der Waals surface area contributed by atoms with Gasteiger partial charge in [0.15, 0.2) is 0 Å². The Kier molecular flexibility index (Phi) is 5.97. The third-order valence-electron chi connectivity index (χ3n) is 5.46. The van der Waals surface area contributed by atoms with Gasteiger partial charge in [-0.1, -0.05) is 66.7 Å². The predicted octanol–water partition coefficient (Wildman–Crippen LogP) is 6.86. The van der Waals surface area contributed by atoms with Crippen molar-refractivity contribution >= 4 is 38.8 Å². The molecular weight excluding hydrogens is 442 g/mol. The standard InChI is InChI=1S/C28H23N3O2S/c1-2-33-21-15-9-14-20(16-21)30-27(32)26-25(29)24-22(18-10-5-3-6-11-18)17-23(31-28(24)34-26)19-12-7-4-8-13-19/h3-17H,2,29H2,1H3,(H,30,32). The molecule has 0 aliphatic rings. The van der Waals surface area contributed by atoms with Crippen LogP contribution in [-0.4, -0.2) is 17.5 Å². The molecule has 5 nitrogen and oxygen atoms in total. The Balaban J connectivity index is 1.61. The number of amides is 1. The van der Waals surface area contributed by atoms with E-state index in [4.69, 9.17) is 15.5 Å². The highest BCUT2D eigenvalue weighted by atomic mass is 32.1. The number of pyridine rings is 1. The number of nitrogens with one attached hydrogen (secondary N) is 1. The van der Waals surface area contributed by atoms with Gasteiger partial charge < -0.3 is 15.8 Å². The van der Waals surface area contributed by atoms with Crippen LogP contribution in [0, 0.1) is 0 Å². The minimum Gasteiger partial charge on any atom is -0.494 e. The van der Waals surface area contributed by atoms with E-state index in [1.165, 1.54) is 11.3 Å². The van der Waals surface area contributed by atoms with E-state index in [1.807, 2.05) is 91.9 Å². The van der Waals surface area contributed by atoms with E-state index in [-0.39, 0.29) is 5.91 Å². The maximum Gasteiger partial charge on any atom is 0.267 e. The first-order valence-electron chi connectivity index (χ1n) is 11.0. The predicted molar refractivity (Wildman–Crippen MR) is 140 cm³/mol. The molecule has 0 saturated heterocycles. The summed E-state index contributed by atoms with van der Waals surface area (Å²) >= 11 is 1.30. The normalized spacial score (nSPS) is 10.9. The third-order valence-corrected chi connectivity index (χ3v) is 6.56. The molecule has 0 spiro atoms. The van der Waals surface area contributed by atoms with Crippen molar-refractivity contribution in [2.24, 2.45) is 0 Å². The lowest BCUT2D eigenvalue weighted by molar-refractivity contribution is 0.103. The number of nitrogens with zero attached hydrogens (tertiary/aromatic N) is 1. The zero-order valence-corrected chi connectivity index (χ0v) is 19.4. The summed E-state index contributed by atoms with van der Waals surface area (Å²) in [7, 11) is 0. The Hall–Kier alpha value is -4.16. The van der Waals surface area contributed by atoms with Crippen LogP contribution in [0.2, 0.25) is 0 Å². The summed E-state index contributed by atoms with van der Waals surface area (Å²) in [5.41, 5.74) is 11.5. The van der Waals surface area contributed by atoms with Crippen LogP contribution < -0.4 is 15.8 Å². The Labute approximate surface area is 201 Å². The van der Waals surface area contributed by atoms with Gasteiger partial charge in [0.2, 0.25) is 0 Å². The molecule has 6 heteroatoms. The number of fused-ring (bicyclic) bond motifs is 1. The van der Waals surface area contributed by atoms with E-state index >= 15 is 0 Å². The van der Waals surface area contributed by atoms with E-state index in [0.29, 0.717) is 28.6 Å². The lowest BCUT2D eigenvalue weighted by Gasteiger charge is -2.09. The maximum absolute atomic E-state index is 13.2. The molecule has 34 heavy (non-hydrogen) atoms. The first kappa shape index (κ1) is 21.7. The number of hydrogen-bond donors (Lipinski definition) is 2. The van der Waals surface area contributed by atoms with Gasteiger partial charge in [0, 0.05) is 22.7 Å². The van der Waals surface area contributed by atoms with E-state index in [0.717, 1.165) is 32.6 Å². The molecule has 0 fully saturated rings. The van der Waals surface area contributed by atoms with Gasteiger partial charge in [-0.05, 0) is 36.2 Å². The van der Waals surface area contributed by atoms with Crippen LogP contribution in [0.4, 0.5) is 11.4 Å². The van der Waals surface area contributed by atoms with E-state index < -0.39 is 0 Å². The smallest absolute Gasteiger partial charge is 0.267 e. The SMILES string of the molecule is CCOc1cccc(NC(=O)c2sc3nc(-c4ccccc4)cc(-c4ccccc4)c3c2N)c1. The van der Waals surface area contributed by atoms with Gasteiger partial charge in [-0.3, -0.25) is 4.79 Å². The fraction of sp³-hybridized carbons (Fsp3) is 0.0714. The zero-order chi connectivity index (χ0) is 23.5. The highest BCUT2D eigenvalue weighted by molar-refractivity contribution is 7.21. The highest BCUT2D eigenvalue weighted by Crippen LogP contribution is 2.41. The molecule has 0 radical (unpaired) electrons. The Morgan fingerprint density at radius 2 is 1.65 bits per heavy atom. The van der Waals surface area contributed by atoms with Gasteiger partial charge in [-0.2, -0.15) is 0 Å². The fourth-order valence-electron chi connectivity index (χ4n) is 3.91. The van der Waals surface area contributed by atoms with Crippen molar-refractivity contribution in [1.29, 1.82) is 0 Å². The van der Waals surface area contributed by atoms with Crippen LogP contribution >= 0.6 is 11.3 Å². The molecular formula is C28H23N3O2S. The number of ether oxygens (including phenoxy) is 1. The van der Waals surface area contributed by atoms with Crippen molar-refractivity contribution in [2.75, 3.05) is 17.7 Å². The van der Waals surface area contributed by atoms with Crippen LogP contribution in [0.15, 0.2) is 91.0 Å². The summed E-state index contributed by atoms with van der Waals surface area (Å²) in [5, 5.41) is 3.74. The van der Waals surface area contributed by atoms with E-state index in [1.54, 1.807) is 6.07 Å². The van der Waals surface area contributed by atoms with Crippen LogP contribution in [-0.2, 0) is 0 Å². The monoisotopic (exact) mass is 465 g/mol. The Morgan fingerprint density at radius 3 is 2.35 bits per heavy atom. The van der Waals surface area contributed by atoms with Crippen LogP contribution in [0.1, 0.15) is 16.6 Å². The first-order chi connectivity index (χ1) is 16.6. The molecule has 0 aliphatic carbocycles. The molecule has 0 aliphatic heterocycles. The lowest BCUT2D eigenvalue weighted by atomic mass is 9.99. The zero-order valence-electron chi connectivity index (χ0n) is 18.6. The van der Waals surface area contributed by atoms with Crippen molar-refractivity contribution in [3.63, 3.8) is 0 Å². The van der Waals surface area contributed by atoms with Gasteiger partial charge in [0.25, 0.3) is 5.91 Å². The number of aromatic nitrogens is 1. The topological polar surface area (TPSA) is 77.2 Å². The quantitative estimate of drug-likeness (QED) is 0.287. The van der Waals surface area contributed by atoms with E-state index in [9.17, 15) is 4.79 Å². The largest absolute Gasteiger partial charge is 0.494 e. The fourth-order valence-corrected chi connectivity index (χ4v) is 4.93. The van der Waals surface area contributed by atoms with Crippen molar-refractivity contribution in [1.82, 2.24) is 4.98 Å². The average molecular weight is 466 g/mol. The van der Waals surface area contributed by atoms with Crippen molar-refractivity contribution in [2.45, 2.75) is 6.92 Å². The summed E-state index contributed by atoms with van der Waals surface area (Å²) in [6.45, 7) is 2.47. The number of thiophene rings is 1. The summed E-state index contributed by atoms with van der Waals surface area (Å²) in [6, 6.07) is 29.4. The highest BCUT2D eigenvalue weighted by Gasteiger charge is 2.22. The number of anilines is 2. The molecule has 3 N–H and O–H groups in total. The molecule has 1 amide bonds. The maximum atomic E-state index is 13.2. The first-order valence-corrected chi connectivity index (χ1v) is 11.8. The number of hydrogen-bond acceptors (Lipinski definition) is 5. The number of carbonyl (C=O) groups is 1. The van der Waals surface area contributed by atoms with Gasteiger partial charge in [0.1, 0.15) is 15.5 Å². The van der Waals surface area contributed by atoms with E-state index in [2.05, 4.69) is 5.32 Å². The molecule has 0 unspecified atom stereocenters. The molecule has 168 valence electrons. The second-order valence-corrected chi connectivity index (χ2v) is 8.73. The summed E-state index contributed by atoms with van der Waals surface area (Å²) < 4.78 is 5.54. The van der Waals surface area contributed by atoms with Gasteiger partial charge in [0.05, 0.1) is 18.0 Å². The number of rotatable bonds is 6. The summed E-state index contributed by atoms with van der Waals surface area (Å²) in [6.07, 6.45) is 0. The van der Waals surface area contributed by atoms with Gasteiger partial charge >= 0.3 is 0 Å². The lowest BCUT2D eigenvalue weighted by Crippen LogP contribution is -2.12. The molecule has 2 heterocycles. The van der Waals surface area contributed by atoms with Crippen molar-refractivity contribution < 1.29 is 9.53 Å². The summed E-state index contributed by atoms with van der Waals surface area (Å²) in [5.74, 6) is 0.430. The van der Waals surface area contributed by atoms with Crippen LogP contribution in [0.3, 0.4) is 0 Å². The van der Waals surface area contributed by atoms with Gasteiger partial charge in [-0.25, -0.2) is 4.98 Å². The molecule has 0 bridgehead atoms. The van der Waals surface area contributed by atoms with Crippen LogP contribution in [0.25, 0.3) is 32.6 Å². The number of benzene rings is 3. The molecule has 0 saturated carbocycles.